The molecule has 0 unspecified atom stereocenters. The van der Waals surface area contributed by atoms with Crippen LogP contribution in [0.25, 0.3) is 11.6 Å². The Morgan fingerprint density at radius 1 is 1.31 bits per heavy atom. The molecule has 9 nitrogen and oxygen atoms in total. The number of rotatable bonds is 4. The summed E-state index contributed by atoms with van der Waals surface area (Å²) < 4.78 is 7.09. The summed E-state index contributed by atoms with van der Waals surface area (Å²) in [5.74, 6) is 1.14. The minimum Gasteiger partial charge on any atom is -0.338 e. The molecule has 2 aromatic heterocycles. The largest absolute Gasteiger partial charge is 0.338 e. The maximum atomic E-state index is 12.7. The lowest BCUT2D eigenvalue weighted by Gasteiger charge is -2.31. The number of carbonyl (C=O) groups is 1. The Morgan fingerprint density at radius 3 is 2.79 bits per heavy atom. The van der Waals surface area contributed by atoms with Crippen molar-refractivity contribution in [2.24, 2.45) is 0 Å². The van der Waals surface area contributed by atoms with Crippen molar-refractivity contribution in [3.05, 3.63) is 47.4 Å². The average molecular weight is 391 g/mol. The van der Waals surface area contributed by atoms with E-state index < -0.39 is 0 Å². The lowest BCUT2D eigenvalue weighted by molar-refractivity contribution is 0.0689. The van der Waals surface area contributed by atoms with E-state index in [-0.39, 0.29) is 17.9 Å². The number of likely N-dealkylation sites (tertiary alicyclic amines) is 1. The third-order valence-corrected chi connectivity index (χ3v) is 5.05. The van der Waals surface area contributed by atoms with E-state index in [9.17, 15) is 4.79 Å². The fourth-order valence-corrected chi connectivity index (χ4v) is 3.36. The van der Waals surface area contributed by atoms with Crippen molar-refractivity contribution in [2.75, 3.05) is 13.1 Å². The number of carbonyl (C=O) groups excluding carboxylic acids is 1. The van der Waals surface area contributed by atoms with Gasteiger partial charge in [-0.1, -0.05) is 30.3 Å². The third-order valence-electron chi connectivity index (χ3n) is 5.05. The Kier molecular flexibility index (Phi) is 5.08. The zero-order chi connectivity index (χ0) is 20.4. The highest BCUT2D eigenvalue weighted by Crippen LogP contribution is 2.25. The molecule has 3 aromatic rings. The SMILES string of the molecule is CC(C)c1noc(-c2cn(C3CCN(C(=O)c4cccc(C#N)c4)CC3)nn2)n1. The molecule has 1 aliphatic heterocycles. The van der Waals surface area contributed by atoms with Crippen LogP contribution in [-0.2, 0) is 0 Å². The highest BCUT2D eigenvalue weighted by Gasteiger charge is 2.26. The van der Waals surface area contributed by atoms with Crippen LogP contribution in [-0.4, -0.2) is 49.0 Å². The molecule has 1 saturated heterocycles. The van der Waals surface area contributed by atoms with E-state index in [4.69, 9.17) is 9.78 Å². The Hall–Kier alpha value is -3.54. The third kappa shape index (κ3) is 3.87. The first-order chi connectivity index (χ1) is 14.0. The van der Waals surface area contributed by atoms with Crippen molar-refractivity contribution in [1.29, 1.82) is 5.26 Å². The first-order valence-electron chi connectivity index (χ1n) is 9.60. The summed E-state index contributed by atoms with van der Waals surface area (Å²) >= 11 is 0. The molecule has 1 aromatic carbocycles. The maximum absolute atomic E-state index is 12.7. The average Bonchev–Trinajstić information content (AvgIpc) is 3.43. The highest BCUT2D eigenvalue weighted by molar-refractivity contribution is 5.94. The van der Waals surface area contributed by atoms with Crippen LogP contribution >= 0.6 is 0 Å². The van der Waals surface area contributed by atoms with E-state index in [0.29, 0.717) is 41.6 Å². The Balaban J connectivity index is 1.40. The molecule has 0 saturated carbocycles. The van der Waals surface area contributed by atoms with Crippen molar-refractivity contribution in [2.45, 2.75) is 38.6 Å². The second-order valence-electron chi connectivity index (χ2n) is 7.41. The molecule has 1 aliphatic rings. The predicted molar refractivity (Wildman–Crippen MR) is 103 cm³/mol. The van der Waals surface area contributed by atoms with Crippen molar-refractivity contribution >= 4 is 5.91 Å². The van der Waals surface area contributed by atoms with Crippen LogP contribution in [0, 0.1) is 11.3 Å². The van der Waals surface area contributed by atoms with Gasteiger partial charge >= 0.3 is 0 Å². The summed E-state index contributed by atoms with van der Waals surface area (Å²) in [6, 6.07) is 9.03. The molecule has 148 valence electrons. The van der Waals surface area contributed by atoms with Crippen molar-refractivity contribution in [1.82, 2.24) is 30.0 Å². The molecule has 29 heavy (non-hydrogen) atoms. The van der Waals surface area contributed by atoms with E-state index >= 15 is 0 Å². The molecule has 0 N–H and O–H groups in total. The normalized spacial score (nSPS) is 14.9. The molecule has 9 heteroatoms. The lowest BCUT2D eigenvalue weighted by atomic mass is 10.0. The second kappa shape index (κ2) is 7.83. The summed E-state index contributed by atoms with van der Waals surface area (Å²) in [5, 5.41) is 21.4. The summed E-state index contributed by atoms with van der Waals surface area (Å²) in [6.45, 7) is 5.23. The van der Waals surface area contributed by atoms with Crippen molar-refractivity contribution in [3.63, 3.8) is 0 Å². The van der Waals surface area contributed by atoms with Crippen LogP contribution in [0.5, 0.6) is 0 Å². The van der Waals surface area contributed by atoms with E-state index in [0.717, 1.165) is 12.8 Å². The number of aromatic nitrogens is 5. The summed E-state index contributed by atoms with van der Waals surface area (Å²) in [4.78, 5) is 18.9. The van der Waals surface area contributed by atoms with Gasteiger partial charge in [0.1, 0.15) is 0 Å². The first kappa shape index (κ1) is 18.8. The van der Waals surface area contributed by atoms with Gasteiger partial charge in [-0.3, -0.25) is 4.79 Å². The Labute approximate surface area is 167 Å². The highest BCUT2D eigenvalue weighted by atomic mass is 16.5. The molecule has 0 aliphatic carbocycles. The number of benzene rings is 1. The molecule has 4 rings (SSSR count). The van der Waals surface area contributed by atoms with Gasteiger partial charge < -0.3 is 9.42 Å². The van der Waals surface area contributed by atoms with Gasteiger partial charge in [0.05, 0.1) is 23.9 Å². The zero-order valence-corrected chi connectivity index (χ0v) is 16.3. The van der Waals surface area contributed by atoms with Crippen LogP contribution in [0.1, 0.15) is 60.4 Å². The fourth-order valence-electron chi connectivity index (χ4n) is 3.36. The fraction of sp³-hybridized carbons (Fsp3) is 0.400. The van der Waals surface area contributed by atoms with Gasteiger partial charge in [-0.15, -0.1) is 5.10 Å². The standard InChI is InChI=1S/C20H21N7O2/c1-13(2)18-22-19(29-24-18)17-12-27(25-23-17)16-6-8-26(9-7-16)20(28)15-5-3-4-14(10-15)11-21/h3-5,10,12-13,16H,6-9H2,1-2H3. The zero-order valence-electron chi connectivity index (χ0n) is 16.3. The van der Waals surface area contributed by atoms with E-state index in [1.54, 1.807) is 24.3 Å². The number of hydrogen-bond acceptors (Lipinski definition) is 7. The van der Waals surface area contributed by atoms with Crippen LogP contribution in [0.3, 0.4) is 0 Å². The predicted octanol–water partition coefficient (Wildman–Crippen LogP) is 2.80. The van der Waals surface area contributed by atoms with Gasteiger partial charge in [-0.25, -0.2) is 4.68 Å². The number of piperidine rings is 1. The van der Waals surface area contributed by atoms with Crippen LogP contribution < -0.4 is 0 Å². The van der Waals surface area contributed by atoms with Gasteiger partial charge in [-0.2, -0.15) is 10.2 Å². The van der Waals surface area contributed by atoms with Crippen LogP contribution in [0.15, 0.2) is 35.0 Å². The molecule has 0 atom stereocenters. The van der Waals surface area contributed by atoms with Gasteiger partial charge in [0.25, 0.3) is 11.8 Å². The number of amides is 1. The van der Waals surface area contributed by atoms with Crippen LogP contribution in [0.2, 0.25) is 0 Å². The molecule has 0 bridgehead atoms. The van der Waals surface area contributed by atoms with Crippen molar-refractivity contribution in [3.8, 4) is 17.7 Å². The minimum absolute atomic E-state index is 0.0492. The molecule has 3 heterocycles. The molecule has 0 spiro atoms. The summed E-state index contributed by atoms with van der Waals surface area (Å²) in [5.41, 5.74) is 1.58. The van der Waals surface area contributed by atoms with Gasteiger partial charge in [0.2, 0.25) is 0 Å². The second-order valence-corrected chi connectivity index (χ2v) is 7.41. The maximum Gasteiger partial charge on any atom is 0.280 e. The van der Waals surface area contributed by atoms with E-state index in [1.807, 2.05) is 29.6 Å². The van der Waals surface area contributed by atoms with E-state index in [2.05, 4.69) is 26.5 Å². The molecular formula is C20H21N7O2. The van der Waals surface area contributed by atoms with E-state index in [1.165, 1.54) is 0 Å². The monoisotopic (exact) mass is 391 g/mol. The minimum atomic E-state index is -0.0492. The van der Waals surface area contributed by atoms with Crippen molar-refractivity contribution < 1.29 is 9.32 Å². The quantitative estimate of drug-likeness (QED) is 0.672. The summed E-state index contributed by atoms with van der Waals surface area (Å²) in [7, 11) is 0. The number of nitrogens with zero attached hydrogens (tertiary/aromatic N) is 7. The van der Waals surface area contributed by atoms with Gasteiger partial charge in [-0.05, 0) is 31.0 Å². The van der Waals surface area contributed by atoms with Gasteiger partial charge in [0, 0.05) is 24.6 Å². The topological polar surface area (TPSA) is 114 Å². The lowest BCUT2D eigenvalue weighted by Crippen LogP contribution is -2.39. The molecular weight excluding hydrogens is 370 g/mol. The number of hydrogen-bond donors (Lipinski definition) is 0. The first-order valence-corrected chi connectivity index (χ1v) is 9.60. The molecule has 1 fully saturated rings. The van der Waals surface area contributed by atoms with Crippen LogP contribution in [0.4, 0.5) is 0 Å². The molecule has 1 amide bonds. The smallest absolute Gasteiger partial charge is 0.280 e. The Bertz CT molecular complexity index is 1050. The molecule has 0 radical (unpaired) electrons. The summed E-state index contributed by atoms with van der Waals surface area (Å²) in [6.07, 6.45) is 3.36. The Morgan fingerprint density at radius 2 is 2.10 bits per heavy atom. The number of nitriles is 1. The van der Waals surface area contributed by atoms with Gasteiger partial charge in [0.15, 0.2) is 11.5 Å².